The predicted octanol–water partition coefficient (Wildman–Crippen LogP) is 1.49. The Labute approximate surface area is 134 Å². The Bertz CT molecular complexity index is 658. The first-order valence-electron chi connectivity index (χ1n) is 7.22. The number of rotatable bonds is 5. The number of sulfonamides is 1. The zero-order valence-corrected chi connectivity index (χ0v) is 14.3. The molecule has 6 nitrogen and oxygen atoms in total. The number of likely N-dealkylation sites (tertiary alicyclic amines) is 1. The summed E-state index contributed by atoms with van der Waals surface area (Å²) >= 11 is 1.20. The Hall–Kier alpha value is -1.25. The molecular formula is C14H20N2O4S2. The Kier molecular flexibility index (Phi) is 5.36. The van der Waals surface area contributed by atoms with Crippen LogP contribution in [0.25, 0.3) is 0 Å². The molecule has 0 bridgehead atoms. The first-order valence-corrected chi connectivity index (χ1v) is 9.69. The number of Topliss-reactive ketones (excluding diaryl/α,β-unsaturated/α-hetero) is 1. The number of ketones is 1. The number of thiophene rings is 1. The third-order valence-electron chi connectivity index (χ3n) is 3.67. The first-order chi connectivity index (χ1) is 10.3. The quantitative estimate of drug-likeness (QED) is 0.821. The summed E-state index contributed by atoms with van der Waals surface area (Å²) < 4.78 is 25.8. The molecule has 1 N–H and O–H groups in total. The maximum atomic E-state index is 12.4. The Morgan fingerprint density at radius 3 is 2.36 bits per heavy atom. The molecule has 22 heavy (non-hydrogen) atoms. The molecule has 1 aromatic rings. The van der Waals surface area contributed by atoms with Gasteiger partial charge in [-0.05, 0) is 38.8 Å². The number of hydrogen-bond donors (Lipinski definition) is 1. The zero-order chi connectivity index (χ0) is 16.3. The molecule has 0 aliphatic carbocycles. The maximum Gasteiger partial charge on any atom is 0.263 e. The van der Waals surface area contributed by atoms with Crippen LogP contribution in [-0.2, 0) is 10.0 Å². The second-order valence-corrected chi connectivity index (χ2v) is 8.43. The highest BCUT2D eigenvalue weighted by molar-refractivity contribution is 7.89. The minimum atomic E-state index is -3.20. The van der Waals surface area contributed by atoms with Crippen LogP contribution in [0.5, 0.6) is 0 Å². The Morgan fingerprint density at radius 2 is 1.86 bits per heavy atom. The van der Waals surface area contributed by atoms with E-state index in [4.69, 9.17) is 0 Å². The van der Waals surface area contributed by atoms with E-state index in [0.717, 1.165) is 0 Å². The Morgan fingerprint density at radius 1 is 1.27 bits per heavy atom. The van der Waals surface area contributed by atoms with Crippen molar-refractivity contribution in [3.63, 3.8) is 0 Å². The largest absolute Gasteiger partial charge is 0.338 e. The standard InChI is InChI=1S/C14H20N2O4S2/c1-3-22(19,20)15-11-6-8-16(9-7-11)14(18)13-5-4-12(21-13)10(2)17/h4-5,11,15H,3,6-9H2,1-2H3. The highest BCUT2D eigenvalue weighted by atomic mass is 32.2. The summed E-state index contributed by atoms with van der Waals surface area (Å²) in [4.78, 5) is 26.5. The lowest BCUT2D eigenvalue weighted by Gasteiger charge is -2.31. The number of nitrogens with one attached hydrogen (secondary N) is 1. The van der Waals surface area contributed by atoms with Gasteiger partial charge in [0.2, 0.25) is 10.0 Å². The highest BCUT2D eigenvalue weighted by Crippen LogP contribution is 2.21. The summed E-state index contributed by atoms with van der Waals surface area (Å²) in [5.41, 5.74) is 0. The van der Waals surface area contributed by atoms with Crippen LogP contribution >= 0.6 is 11.3 Å². The van der Waals surface area contributed by atoms with Gasteiger partial charge in [0.1, 0.15) is 0 Å². The molecule has 1 fully saturated rings. The molecule has 0 saturated carbocycles. The van der Waals surface area contributed by atoms with Crippen LogP contribution in [-0.4, -0.2) is 49.9 Å². The molecule has 1 saturated heterocycles. The molecule has 0 radical (unpaired) electrons. The molecule has 1 amide bonds. The van der Waals surface area contributed by atoms with Crippen molar-refractivity contribution in [2.24, 2.45) is 0 Å². The van der Waals surface area contributed by atoms with Gasteiger partial charge in [-0.3, -0.25) is 9.59 Å². The molecule has 1 aliphatic rings. The fourth-order valence-electron chi connectivity index (χ4n) is 2.34. The van der Waals surface area contributed by atoms with Crippen molar-refractivity contribution >= 4 is 33.1 Å². The van der Waals surface area contributed by atoms with Crippen LogP contribution < -0.4 is 4.72 Å². The fraction of sp³-hybridized carbons (Fsp3) is 0.571. The third kappa shape index (κ3) is 4.15. The van der Waals surface area contributed by atoms with Gasteiger partial charge in [-0.1, -0.05) is 0 Å². The smallest absolute Gasteiger partial charge is 0.263 e. The normalized spacial score (nSPS) is 16.7. The van der Waals surface area contributed by atoms with Crippen molar-refractivity contribution in [3.8, 4) is 0 Å². The zero-order valence-electron chi connectivity index (χ0n) is 12.7. The topological polar surface area (TPSA) is 83.6 Å². The minimum Gasteiger partial charge on any atom is -0.338 e. The van der Waals surface area contributed by atoms with Gasteiger partial charge in [-0.2, -0.15) is 0 Å². The molecule has 0 aromatic carbocycles. The molecule has 2 heterocycles. The summed E-state index contributed by atoms with van der Waals surface area (Å²) in [6, 6.07) is 3.24. The number of piperidine rings is 1. The van der Waals surface area contributed by atoms with Crippen molar-refractivity contribution in [1.29, 1.82) is 0 Å². The van der Waals surface area contributed by atoms with Crippen LogP contribution in [0.3, 0.4) is 0 Å². The van der Waals surface area contributed by atoms with Gasteiger partial charge in [0, 0.05) is 19.1 Å². The van der Waals surface area contributed by atoms with E-state index in [-0.39, 0.29) is 23.5 Å². The van der Waals surface area contributed by atoms with Gasteiger partial charge in [0.15, 0.2) is 5.78 Å². The van der Waals surface area contributed by atoms with Crippen LogP contribution in [0.2, 0.25) is 0 Å². The maximum absolute atomic E-state index is 12.4. The van der Waals surface area contributed by atoms with Gasteiger partial charge in [0.05, 0.1) is 15.5 Å². The van der Waals surface area contributed by atoms with Gasteiger partial charge >= 0.3 is 0 Å². The third-order valence-corrected chi connectivity index (χ3v) is 6.30. The lowest BCUT2D eigenvalue weighted by Crippen LogP contribution is -2.46. The second-order valence-electron chi connectivity index (χ2n) is 5.31. The van der Waals surface area contributed by atoms with Crippen molar-refractivity contribution < 1.29 is 18.0 Å². The molecule has 2 rings (SSSR count). The number of carbonyl (C=O) groups excluding carboxylic acids is 2. The van der Waals surface area contributed by atoms with Crippen molar-refractivity contribution in [3.05, 3.63) is 21.9 Å². The summed E-state index contributed by atoms with van der Waals surface area (Å²) in [6.45, 7) is 4.11. The lowest BCUT2D eigenvalue weighted by atomic mass is 10.1. The molecule has 8 heteroatoms. The van der Waals surface area contributed by atoms with E-state index in [9.17, 15) is 18.0 Å². The SMILES string of the molecule is CCS(=O)(=O)NC1CCN(C(=O)c2ccc(C(C)=O)s2)CC1. The lowest BCUT2D eigenvalue weighted by molar-refractivity contribution is 0.0716. The van der Waals surface area contributed by atoms with Crippen LogP contribution in [0, 0.1) is 0 Å². The van der Waals surface area contributed by atoms with E-state index in [2.05, 4.69) is 4.72 Å². The van der Waals surface area contributed by atoms with E-state index in [1.54, 1.807) is 24.0 Å². The average molecular weight is 344 g/mol. The Balaban J connectivity index is 1.93. The van der Waals surface area contributed by atoms with E-state index < -0.39 is 10.0 Å². The first kappa shape index (κ1) is 17.1. The van der Waals surface area contributed by atoms with Crippen molar-refractivity contribution in [2.45, 2.75) is 32.7 Å². The molecule has 0 unspecified atom stereocenters. The van der Waals surface area contributed by atoms with E-state index >= 15 is 0 Å². The number of amides is 1. The molecule has 0 atom stereocenters. The summed E-state index contributed by atoms with van der Waals surface area (Å²) in [6.07, 6.45) is 1.21. The summed E-state index contributed by atoms with van der Waals surface area (Å²) in [5.74, 6) is -0.0687. The number of nitrogens with zero attached hydrogens (tertiary/aromatic N) is 1. The van der Waals surface area contributed by atoms with Crippen LogP contribution in [0.1, 0.15) is 46.0 Å². The van der Waals surface area contributed by atoms with E-state index in [0.29, 0.717) is 35.7 Å². The van der Waals surface area contributed by atoms with Crippen LogP contribution in [0.4, 0.5) is 0 Å². The second kappa shape index (κ2) is 6.89. The highest BCUT2D eigenvalue weighted by Gasteiger charge is 2.26. The molecular weight excluding hydrogens is 324 g/mol. The molecule has 1 aliphatic heterocycles. The molecule has 122 valence electrons. The minimum absolute atomic E-state index is 0.0447. The number of carbonyl (C=O) groups is 2. The van der Waals surface area contributed by atoms with Crippen LogP contribution in [0.15, 0.2) is 12.1 Å². The van der Waals surface area contributed by atoms with Gasteiger partial charge in [-0.25, -0.2) is 13.1 Å². The van der Waals surface area contributed by atoms with E-state index in [1.165, 1.54) is 18.3 Å². The van der Waals surface area contributed by atoms with Crippen molar-refractivity contribution in [2.75, 3.05) is 18.8 Å². The number of hydrogen-bond acceptors (Lipinski definition) is 5. The predicted molar refractivity (Wildman–Crippen MR) is 85.8 cm³/mol. The summed E-state index contributed by atoms with van der Waals surface area (Å²) in [5, 5.41) is 0. The molecule has 1 aromatic heterocycles. The van der Waals surface area contributed by atoms with Gasteiger partial charge in [0.25, 0.3) is 5.91 Å². The monoisotopic (exact) mass is 344 g/mol. The fourth-order valence-corrected chi connectivity index (χ4v) is 4.12. The summed E-state index contributed by atoms with van der Waals surface area (Å²) in [7, 11) is -3.20. The van der Waals surface area contributed by atoms with Crippen molar-refractivity contribution in [1.82, 2.24) is 9.62 Å². The molecule has 0 spiro atoms. The average Bonchev–Trinajstić information content (AvgIpc) is 2.97. The van der Waals surface area contributed by atoms with E-state index in [1.807, 2.05) is 0 Å². The van der Waals surface area contributed by atoms with Gasteiger partial charge < -0.3 is 4.90 Å². The van der Waals surface area contributed by atoms with Gasteiger partial charge in [-0.15, -0.1) is 11.3 Å².